The number of rotatable bonds is 6. The number of halogens is 2. The summed E-state index contributed by atoms with van der Waals surface area (Å²) in [6, 6.07) is 17.6. The molecule has 8 heteroatoms. The Labute approximate surface area is 187 Å². The van der Waals surface area contributed by atoms with Crippen LogP contribution in [-0.4, -0.2) is 18.2 Å². The second-order valence-electron chi connectivity index (χ2n) is 6.72. The van der Waals surface area contributed by atoms with Gasteiger partial charge in [0.15, 0.2) is 16.7 Å². The normalized spacial score (nSPS) is 15.8. The molecule has 0 unspecified atom stereocenters. The lowest BCUT2D eigenvalue weighted by molar-refractivity contribution is -0.115. The third-order valence-electron chi connectivity index (χ3n) is 4.55. The maximum absolute atomic E-state index is 13.8. The average molecular weight is 452 g/mol. The van der Waals surface area contributed by atoms with Crippen molar-refractivity contribution in [1.82, 2.24) is 5.32 Å². The molecule has 0 aliphatic carbocycles. The van der Waals surface area contributed by atoms with Crippen molar-refractivity contribution in [3.8, 4) is 11.5 Å². The smallest absolute Gasteiger partial charge is 0.264 e. The molecule has 5 nitrogen and oxygen atoms in total. The van der Waals surface area contributed by atoms with Crippen LogP contribution in [0.4, 0.5) is 14.5 Å². The van der Waals surface area contributed by atoms with E-state index in [9.17, 15) is 13.6 Å². The van der Waals surface area contributed by atoms with E-state index >= 15 is 0 Å². The fourth-order valence-electron chi connectivity index (χ4n) is 2.95. The number of nitrogens with zero attached hydrogens (tertiary/aromatic N) is 1. The highest BCUT2D eigenvalue weighted by molar-refractivity contribution is 8.18. The molecule has 0 aromatic heterocycles. The number of methoxy groups -OCH3 is 1. The number of carbonyl (C=O) groups excluding carboxylic acids is 1. The van der Waals surface area contributed by atoms with E-state index in [1.54, 1.807) is 54.6 Å². The monoisotopic (exact) mass is 452 g/mol. The Morgan fingerprint density at radius 1 is 1.00 bits per heavy atom. The van der Waals surface area contributed by atoms with E-state index in [4.69, 9.17) is 9.47 Å². The first-order chi connectivity index (χ1) is 15.5. The number of para-hydroxylation sites is 1. The first-order valence-corrected chi connectivity index (χ1v) is 10.4. The van der Waals surface area contributed by atoms with Crippen molar-refractivity contribution in [1.29, 1.82) is 0 Å². The van der Waals surface area contributed by atoms with Crippen LogP contribution in [0.25, 0.3) is 6.08 Å². The Kier molecular flexibility index (Phi) is 6.51. The third-order valence-corrected chi connectivity index (χ3v) is 5.46. The number of thioether (sulfide) groups is 1. The molecule has 3 aromatic rings. The molecule has 162 valence electrons. The minimum atomic E-state index is -0.469. The molecule has 3 aromatic carbocycles. The second-order valence-corrected chi connectivity index (χ2v) is 7.75. The lowest BCUT2D eigenvalue weighted by Crippen LogP contribution is -2.19. The Morgan fingerprint density at radius 2 is 1.75 bits per heavy atom. The number of amides is 1. The molecule has 1 aliphatic rings. The van der Waals surface area contributed by atoms with Gasteiger partial charge < -0.3 is 14.8 Å². The van der Waals surface area contributed by atoms with Crippen LogP contribution >= 0.6 is 11.8 Å². The van der Waals surface area contributed by atoms with Crippen LogP contribution in [0.2, 0.25) is 0 Å². The number of ether oxygens (including phenoxy) is 2. The van der Waals surface area contributed by atoms with Gasteiger partial charge in [-0.15, -0.1) is 0 Å². The van der Waals surface area contributed by atoms with E-state index in [0.29, 0.717) is 32.7 Å². The van der Waals surface area contributed by atoms with Gasteiger partial charge in [0.05, 0.1) is 12.0 Å². The highest BCUT2D eigenvalue weighted by Crippen LogP contribution is 2.33. The van der Waals surface area contributed by atoms with Gasteiger partial charge in [-0.1, -0.05) is 36.4 Å². The van der Waals surface area contributed by atoms with E-state index in [2.05, 4.69) is 10.3 Å². The molecule has 0 bridgehead atoms. The quantitative estimate of drug-likeness (QED) is 0.506. The van der Waals surface area contributed by atoms with E-state index in [-0.39, 0.29) is 24.0 Å². The SMILES string of the molecule is COc1cc(/C=C2/SC(=Nc3ccccc3F)NC2=O)ccc1OCc1ccccc1F. The first-order valence-electron chi connectivity index (χ1n) is 9.62. The third kappa shape index (κ3) is 4.97. The van der Waals surface area contributed by atoms with E-state index < -0.39 is 5.82 Å². The number of amidine groups is 1. The summed E-state index contributed by atoms with van der Waals surface area (Å²) >= 11 is 1.11. The maximum Gasteiger partial charge on any atom is 0.264 e. The fraction of sp³-hybridized carbons (Fsp3) is 0.0833. The Bertz CT molecular complexity index is 1230. The number of benzene rings is 3. The number of aliphatic imine (C=N–C) groups is 1. The van der Waals surface area contributed by atoms with Crippen LogP contribution in [0, 0.1) is 11.6 Å². The molecule has 1 heterocycles. The summed E-state index contributed by atoms with van der Waals surface area (Å²) in [5.74, 6) is -0.251. The van der Waals surface area contributed by atoms with Crippen molar-refractivity contribution in [2.75, 3.05) is 7.11 Å². The standard InChI is InChI=1S/C24H18F2N2O3S/c1-30-21-12-15(10-11-20(21)31-14-16-6-2-3-7-17(16)25)13-22-23(29)28-24(32-22)27-19-9-5-4-8-18(19)26/h2-13H,14H2,1H3,(H,27,28,29)/b22-13+. The van der Waals surface area contributed by atoms with Gasteiger partial charge in [-0.2, -0.15) is 0 Å². The van der Waals surface area contributed by atoms with E-state index in [0.717, 1.165) is 11.8 Å². The van der Waals surface area contributed by atoms with E-state index in [1.165, 1.54) is 25.3 Å². The Hall–Kier alpha value is -3.65. The van der Waals surface area contributed by atoms with Crippen molar-refractivity contribution < 1.29 is 23.0 Å². The number of hydrogen-bond acceptors (Lipinski definition) is 5. The summed E-state index contributed by atoms with van der Waals surface area (Å²) in [7, 11) is 1.50. The van der Waals surface area contributed by atoms with E-state index in [1.807, 2.05) is 0 Å². The minimum Gasteiger partial charge on any atom is -0.493 e. The van der Waals surface area contributed by atoms with Gasteiger partial charge in [-0.3, -0.25) is 4.79 Å². The summed E-state index contributed by atoms with van der Waals surface area (Å²) in [5, 5.41) is 2.93. The molecule has 32 heavy (non-hydrogen) atoms. The molecule has 4 rings (SSSR count). The summed E-state index contributed by atoms with van der Waals surface area (Å²) in [4.78, 5) is 16.9. The average Bonchev–Trinajstić information content (AvgIpc) is 3.13. The van der Waals surface area contributed by atoms with Crippen LogP contribution in [0.5, 0.6) is 11.5 Å². The van der Waals surface area contributed by atoms with Crippen LogP contribution < -0.4 is 14.8 Å². The van der Waals surface area contributed by atoms with Crippen LogP contribution in [0.15, 0.2) is 76.6 Å². The number of hydrogen-bond donors (Lipinski definition) is 1. The second kappa shape index (κ2) is 9.65. The minimum absolute atomic E-state index is 0.0532. The summed E-state index contributed by atoms with van der Waals surface area (Å²) < 4.78 is 38.7. The summed E-state index contributed by atoms with van der Waals surface area (Å²) in [6.45, 7) is 0.0532. The van der Waals surface area contributed by atoms with Gasteiger partial charge in [-0.05, 0) is 53.7 Å². The molecular formula is C24H18F2N2O3S. The largest absolute Gasteiger partial charge is 0.493 e. The lowest BCUT2D eigenvalue weighted by Gasteiger charge is -2.12. The highest BCUT2D eigenvalue weighted by Gasteiger charge is 2.24. The van der Waals surface area contributed by atoms with Gasteiger partial charge >= 0.3 is 0 Å². The molecule has 1 amide bonds. The molecule has 0 radical (unpaired) electrons. The van der Waals surface area contributed by atoms with Gasteiger partial charge in [0, 0.05) is 5.56 Å². The zero-order valence-electron chi connectivity index (χ0n) is 17.0. The van der Waals surface area contributed by atoms with Crippen LogP contribution in [0.3, 0.4) is 0 Å². The van der Waals surface area contributed by atoms with Crippen molar-refractivity contribution in [2.24, 2.45) is 4.99 Å². The van der Waals surface area contributed by atoms with Gasteiger partial charge in [0.2, 0.25) is 0 Å². The molecule has 1 N–H and O–H groups in total. The zero-order valence-corrected chi connectivity index (χ0v) is 17.8. The van der Waals surface area contributed by atoms with Gasteiger partial charge in [0.1, 0.15) is 23.9 Å². The molecule has 0 atom stereocenters. The Morgan fingerprint density at radius 3 is 2.50 bits per heavy atom. The topological polar surface area (TPSA) is 59.9 Å². The van der Waals surface area contributed by atoms with Crippen LogP contribution in [0.1, 0.15) is 11.1 Å². The predicted molar refractivity (Wildman–Crippen MR) is 121 cm³/mol. The molecular weight excluding hydrogens is 434 g/mol. The molecule has 1 saturated heterocycles. The first kappa shape index (κ1) is 21.6. The van der Waals surface area contributed by atoms with Gasteiger partial charge in [0.25, 0.3) is 5.91 Å². The summed E-state index contributed by atoms with van der Waals surface area (Å²) in [5.41, 5.74) is 1.28. The van der Waals surface area contributed by atoms with Crippen molar-refractivity contribution in [3.63, 3.8) is 0 Å². The molecule has 1 fully saturated rings. The number of carbonyl (C=O) groups is 1. The van der Waals surface area contributed by atoms with Crippen molar-refractivity contribution >= 4 is 34.6 Å². The fourth-order valence-corrected chi connectivity index (χ4v) is 3.78. The van der Waals surface area contributed by atoms with Crippen molar-refractivity contribution in [3.05, 3.63) is 94.4 Å². The zero-order chi connectivity index (χ0) is 22.5. The van der Waals surface area contributed by atoms with Gasteiger partial charge in [-0.25, -0.2) is 13.8 Å². The number of nitrogens with one attached hydrogen (secondary N) is 1. The maximum atomic E-state index is 13.8. The Balaban J connectivity index is 1.51. The predicted octanol–water partition coefficient (Wildman–Crippen LogP) is 5.44. The van der Waals surface area contributed by atoms with Crippen molar-refractivity contribution in [2.45, 2.75) is 6.61 Å². The molecule has 0 saturated carbocycles. The highest BCUT2D eigenvalue weighted by atomic mass is 32.2. The molecule has 1 aliphatic heterocycles. The summed E-state index contributed by atoms with van der Waals surface area (Å²) in [6.07, 6.45) is 1.67. The molecule has 0 spiro atoms. The van der Waals surface area contributed by atoms with Crippen LogP contribution in [-0.2, 0) is 11.4 Å². The lowest BCUT2D eigenvalue weighted by atomic mass is 10.2.